The molecule has 0 radical (unpaired) electrons. The van der Waals surface area contributed by atoms with Crippen molar-refractivity contribution in [2.45, 2.75) is 18.8 Å². The van der Waals surface area contributed by atoms with E-state index in [0.717, 1.165) is 15.1 Å². The molecule has 1 fully saturated rings. The van der Waals surface area contributed by atoms with E-state index >= 15 is 0 Å². The van der Waals surface area contributed by atoms with Crippen LogP contribution < -0.4 is 5.73 Å². The fraction of sp³-hybridized carbons (Fsp3) is 0.375. The molecule has 2 N–H and O–H groups in total. The van der Waals surface area contributed by atoms with Gasteiger partial charge in [0.1, 0.15) is 5.82 Å². The second kappa shape index (κ2) is 2.89. The van der Waals surface area contributed by atoms with Crippen LogP contribution in [-0.2, 0) is 0 Å². The van der Waals surface area contributed by atoms with Gasteiger partial charge >= 0.3 is 0 Å². The summed E-state index contributed by atoms with van der Waals surface area (Å²) in [5.41, 5.74) is 6.69. The highest BCUT2D eigenvalue weighted by Crippen LogP contribution is 2.45. The molecule has 64 valence electrons. The minimum absolute atomic E-state index is 0.462. The number of rotatable bonds is 1. The Morgan fingerprint density at radius 3 is 2.83 bits per heavy atom. The lowest BCUT2D eigenvalue weighted by Gasteiger charge is -2.04. The topological polar surface area (TPSA) is 38.9 Å². The molecule has 1 saturated carbocycles. The van der Waals surface area contributed by atoms with Crippen LogP contribution in [0.1, 0.15) is 24.3 Å². The van der Waals surface area contributed by atoms with E-state index in [4.69, 9.17) is 17.3 Å². The Morgan fingerprint density at radius 1 is 1.58 bits per heavy atom. The molecule has 2 nitrogen and oxygen atoms in total. The van der Waals surface area contributed by atoms with Crippen molar-refractivity contribution in [3.8, 4) is 0 Å². The summed E-state index contributed by atoms with van der Waals surface area (Å²) < 4.78 is 0.730. The van der Waals surface area contributed by atoms with Crippen LogP contribution in [0, 0.1) is 0 Å². The first kappa shape index (κ1) is 8.32. The van der Waals surface area contributed by atoms with Crippen molar-refractivity contribution in [3.63, 3.8) is 0 Å². The third-order valence-electron chi connectivity index (χ3n) is 2.03. The third kappa shape index (κ3) is 1.31. The van der Waals surface area contributed by atoms with Gasteiger partial charge in [0, 0.05) is 6.20 Å². The molecule has 0 atom stereocenters. The van der Waals surface area contributed by atoms with E-state index < -0.39 is 0 Å². The summed E-state index contributed by atoms with van der Waals surface area (Å²) >= 11 is 9.37. The van der Waals surface area contributed by atoms with Crippen LogP contribution in [0.5, 0.6) is 0 Å². The maximum absolute atomic E-state index is 6.07. The van der Waals surface area contributed by atoms with Gasteiger partial charge in [-0.2, -0.15) is 0 Å². The maximum atomic E-state index is 6.07. The zero-order valence-electron chi connectivity index (χ0n) is 6.35. The van der Waals surface area contributed by atoms with E-state index in [2.05, 4.69) is 20.9 Å². The molecule has 0 amide bonds. The monoisotopic (exact) mass is 246 g/mol. The molecule has 1 aliphatic rings. The Morgan fingerprint density at radius 2 is 2.25 bits per heavy atom. The van der Waals surface area contributed by atoms with Crippen LogP contribution in [-0.4, -0.2) is 4.98 Å². The minimum Gasteiger partial charge on any atom is -0.383 e. The van der Waals surface area contributed by atoms with Crippen molar-refractivity contribution < 1.29 is 0 Å². The van der Waals surface area contributed by atoms with E-state index in [9.17, 15) is 0 Å². The molecule has 0 saturated heterocycles. The number of nitrogens with two attached hydrogens (primary N) is 1. The molecule has 0 unspecified atom stereocenters. The van der Waals surface area contributed by atoms with Crippen molar-refractivity contribution in [1.29, 1.82) is 0 Å². The number of hydrogen-bond acceptors (Lipinski definition) is 2. The largest absolute Gasteiger partial charge is 0.383 e. The quantitative estimate of drug-likeness (QED) is 0.829. The first-order valence-corrected chi connectivity index (χ1v) is 4.96. The van der Waals surface area contributed by atoms with Crippen LogP contribution in [0.15, 0.2) is 10.7 Å². The second-order valence-electron chi connectivity index (χ2n) is 3.00. The van der Waals surface area contributed by atoms with Gasteiger partial charge in [0.2, 0.25) is 0 Å². The van der Waals surface area contributed by atoms with Crippen molar-refractivity contribution in [1.82, 2.24) is 4.98 Å². The normalized spacial score (nSPS) is 16.5. The molecule has 4 heteroatoms. The minimum atomic E-state index is 0.462. The number of anilines is 1. The highest BCUT2D eigenvalue weighted by molar-refractivity contribution is 9.10. The number of halogens is 2. The summed E-state index contributed by atoms with van der Waals surface area (Å²) in [6.45, 7) is 0. The van der Waals surface area contributed by atoms with E-state index in [1.54, 1.807) is 6.20 Å². The Bertz CT molecular complexity index is 323. The number of nitrogen functional groups attached to an aromatic ring is 1. The zero-order valence-corrected chi connectivity index (χ0v) is 8.69. The summed E-state index contributed by atoms with van der Waals surface area (Å²) in [5.74, 6) is 1.08. The molecule has 1 aliphatic carbocycles. The maximum Gasteiger partial charge on any atom is 0.139 e. The molecule has 12 heavy (non-hydrogen) atoms. The van der Waals surface area contributed by atoms with Crippen LogP contribution in [0.3, 0.4) is 0 Å². The van der Waals surface area contributed by atoms with Crippen LogP contribution in [0.4, 0.5) is 5.82 Å². The average Bonchev–Trinajstić information content (AvgIpc) is 2.84. The highest BCUT2D eigenvalue weighted by Gasteiger charge is 2.27. The summed E-state index contributed by atoms with van der Waals surface area (Å²) in [4.78, 5) is 4.05. The number of nitrogens with zero attached hydrogens (tertiary/aromatic N) is 1. The van der Waals surface area contributed by atoms with Gasteiger partial charge in [-0.1, -0.05) is 11.6 Å². The predicted octanol–water partition coefficient (Wildman–Crippen LogP) is 2.96. The van der Waals surface area contributed by atoms with E-state index in [0.29, 0.717) is 11.7 Å². The summed E-state index contributed by atoms with van der Waals surface area (Å²) in [5, 5.41) is 0.727. The fourth-order valence-electron chi connectivity index (χ4n) is 1.17. The smallest absolute Gasteiger partial charge is 0.139 e. The average molecular weight is 248 g/mol. The number of hydrogen-bond donors (Lipinski definition) is 1. The lowest BCUT2D eigenvalue weighted by Crippen LogP contribution is -1.94. The molecular weight excluding hydrogens is 239 g/mol. The predicted molar refractivity (Wildman–Crippen MR) is 53.3 cm³/mol. The molecule has 1 heterocycles. The van der Waals surface area contributed by atoms with Gasteiger partial charge in [-0.15, -0.1) is 0 Å². The van der Waals surface area contributed by atoms with Gasteiger partial charge in [0.25, 0.3) is 0 Å². The molecule has 1 aromatic heterocycles. The van der Waals surface area contributed by atoms with Crippen molar-refractivity contribution in [2.24, 2.45) is 0 Å². The van der Waals surface area contributed by atoms with Crippen molar-refractivity contribution >= 4 is 33.3 Å². The van der Waals surface area contributed by atoms with Gasteiger partial charge in [0.15, 0.2) is 0 Å². The summed E-state index contributed by atoms with van der Waals surface area (Å²) in [6.07, 6.45) is 4.22. The molecule has 0 spiro atoms. The summed E-state index contributed by atoms with van der Waals surface area (Å²) in [7, 11) is 0. The first-order valence-electron chi connectivity index (χ1n) is 3.79. The van der Waals surface area contributed by atoms with E-state index in [1.165, 1.54) is 12.8 Å². The Hall–Kier alpha value is -0.280. The first-order chi connectivity index (χ1) is 5.70. The molecule has 0 bridgehead atoms. The van der Waals surface area contributed by atoms with Gasteiger partial charge in [-0.3, -0.25) is 0 Å². The summed E-state index contributed by atoms with van der Waals surface area (Å²) in [6, 6.07) is 0. The van der Waals surface area contributed by atoms with Gasteiger partial charge in [-0.05, 0) is 40.3 Å². The molecule has 1 aromatic rings. The lowest BCUT2D eigenvalue weighted by molar-refractivity contribution is 1.09. The highest BCUT2D eigenvalue weighted by atomic mass is 79.9. The number of aromatic nitrogens is 1. The third-order valence-corrected chi connectivity index (χ3v) is 3.47. The Kier molecular flexibility index (Phi) is 2.00. The van der Waals surface area contributed by atoms with Crippen LogP contribution in [0.25, 0.3) is 0 Å². The zero-order chi connectivity index (χ0) is 8.72. The van der Waals surface area contributed by atoms with Gasteiger partial charge in [-0.25, -0.2) is 4.98 Å². The van der Waals surface area contributed by atoms with E-state index in [1.807, 2.05) is 0 Å². The SMILES string of the molecule is Nc1ncc(C2CC2)c(Cl)c1Br. The Labute approximate surface area is 84.3 Å². The fourth-order valence-corrected chi connectivity index (χ4v) is 1.80. The molecule has 0 aliphatic heterocycles. The lowest BCUT2D eigenvalue weighted by atomic mass is 10.2. The molecule has 0 aromatic carbocycles. The van der Waals surface area contributed by atoms with Crippen molar-refractivity contribution in [2.75, 3.05) is 5.73 Å². The molecular formula is C8H8BrClN2. The number of pyridine rings is 1. The molecule has 2 rings (SSSR count). The standard InChI is InChI=1S/C8H8BrClN2/c9-6-7(10)5(4-1-2-4)3-12-8(6)11/h3-4H,1-2H2,(H2,11,12). The second-order valence-corrected chi connectivity index (χ2v) is 4.17. The van der Waals surface area contributed by atoms with Gasteiger partial charge in [0.05, 0.1) is 9.50 Å². The van der Waals surface area contributed by atoms with E-state index in [-0.39, 0.29) is 0 Å². The Balaban J connectivity index is 2.49. The van der Waals surface area contributed by atoms with Crippen LogP contribution >= 0.6 is 27.5 Å². The van der Waals surface area contributed by atoms with Crippen molar-refractivity contribution in [3.05, 3.63) is 21.3 Å². The van der Waals surface area contributed by atoms with Crippen LogP contribution in [0.2, 0.25) is 5.02 Å². The van der Waals surface area contributed by atoms with Gasteiger partial charge < -0.3 is 5.73 Å².